The van der Waals surface area contributed by atoms with Crippen molar-refractivity contribution in [2.75, 3.05) is 5.32 Å². The normalized spacial score (nSPS) is 10.1. The highest BCUT2D eigenvalue weighted by atomic mass is 35.5. The molecule has 2 rings (SSSR count). The Morgan fingerprint density at radius 1 is 1.20 bits per heavy atom. The Labute approximate surface area is 126 Å². The first kappa shape index (κ1) is 14.6. The van der Waals surface area contributed by atoms with Crippen molar-refractivity contribution in [1.29, 1.82) is 0 Å². The molecule has 0 heterocycles. The van der Waals surface area contributed by atoms with Crippen molar-refractivity contribution in [3.63, 3.8) is 0 Å². The highest BCUT2D eigenvalue weighted by Gasteiger charge is 2.07. The van der Waals surface area contributed by atoms with Crippen LogP contribution < -0.4 is 5.32 Å². The van der Waals surface area contributed by atoms with Crippen molar-refractivity contribution in [1.82, 2.24) is 0 Å². The molecule has 0 fully saturated rings. The average Bonchev–Trinajstić information content (AvgIpc) is 2.41. The quantitative estimate of drug-likeness (QED) is 0.858. The van der Waals surface area contributed by atoms with E-state index in [1.54, 1.807) is 6.07 Å². The standard InChI is InChI=1S/C15H12ClNO2S/c1-10(19)17-11-5-7-12(8-6-11)20-15-4-2-3-14(16)13(15)9-18/h2-9H,1H3,(H,17,19). The second-order valence-corrected chi connectivity index (χ2v) is 5.60. The molecule has 0 aliphatic rings. The van der Waals surface area contributed by atoms with Gasteiger partial charge in [0.05, 0.1) is 5.02 Å². The number of nitrogens with one attached hydrogen (secondary N) is 1. The number of rotatable bonds is 4. The van der Waals surface area contributed by atoms with Gasteiger partial charge in [-0.15, -0.1) is 0 Å². The summed E-state index contributed by atoms with van der Waals surface area (Å²) in [6.07, 6.45) is 0.760. The molecule has 102 valence electrons. The smallest absolute Gasteiger partial charge is 0.221 e. The van der Waals surface area contributed by atoms with Crippen LogP contribution >= 0.6 is 23.4 Å². The van der Waals surface area contributed by atoms with Crippen molar-refractivity contribution < 1.29 is 9.59 Å². The minimum Gasteiger partial charge on any atom is -0.326 e. The van der Waals surface area contributed by atoms with E-state index in [4.69, 9.17) is 11.6 Å². The first-order valence-electron chi connectivity index (χ1n) is 5.89. The number of hydrogen-bond donors (Lipinski definition) is 1. The van der Waals surface area contributed by atoms with Crippen LogP contribution in [0.5, 0.6) is 0 Å². The predicted octanol–water partition coefficient (Wildman–Crippen LogP) is 4.26. The molecule has 3 nitrogen and oxygen atoms in total. The minimum atomic E-state index is -0.108. The zero-order chi connectivity index (χ0) is 14.5. The summed E-state index contributed by atoms with van der Waals surface area (Å²) in [6, 6.07) is 12.7. The maximum absolute atomic E-state index is 11.1. The first-order valence-corrected chi connectivity index (χ1v) is 7.09. The molecular formula is C15H12ClNO2S. The van der Waals surface area contributed by atoms with E-state index in [-0.39, 0.29) is 5.91 Å². The van der Waals surface area contributed by atoms with Gasteiger partial charge in [-0.1, -0.05) is 29.4 Å². The molecule has 0 aliphatic heterocycles. The van der Waals surface area contributed by atoms with Crippen LogP contribution in [0.15, 0.2) is 52.3 Å². The molecule has 20 heavy (non-hydrogen) atoms. The predicted molar refractivity (Wildman–Crippen MR) is 81.7 cm³/mol. The molecule has 5 heteroatoms. The number of anilines is 1. The second kappa shape index (κ2) is 6.59. The fourth-order valence-electron chi connectivity index (χ4n) is 1.66. The minimum absolute atomic E-state index is 0.108. The lowest BCUT2D eigenvalue weighted by Gasteiger charge is -2.07. The van der Waals surface area contributed by atoms with Gasteiger partial charge in [-0.25, -0.2) is 0 Å². The van der Waals surface area contributed by atoms with Gasteiger partial charge >= 0.3 is 0 Å². The van der Waals surface area contributed by atoms with Crippen LogP contribution in [0.1, 0.15) is 17.3 Å². The number of aldehydes is 1. The van der Waals surface area contributed by atoms with Crippen LogP contribution in [0.3, 0.4) is 0 Å². The van der Waals surface area contributed by atoms with Crippen LogP contribution in [0.4, 0.5) is 5.69 Å². The molecule has 1 N–H and O–H groups in total. The lowest BCUT2D eigenvalue weighted by atomic mass is 10.2. The van der Waals surface area contributed by atoms with E-state index in [2.05, 4.69) is 5.32 Å². The Hall–Kier alpha value is -1.78. The van der Waals surface area contributed by atoms with E-state index in [0.717, 1.165) is 21.8 Å². The number of benzene rings is 2. The highest BCUT2D eigenvalue weighted by molar-refractivity contribution is 7.99. The van der Waals surface area contributed by atoms with Crippen LogP contribution in [0.25, 0.3) is 0 Å². The third-order valence-electron chi connectivity index (χ3n) is 2.53. The summed E-state index contributed by atoms with van der Waals surface area (Å²) >= 11 is 7.44. The van der Waals surface area contributed by atoms with Gasteiger partial charge in [-0.05, 0) is 36.4 Å². The highest BCUT2D eigenvalue weighted by Crippen LogP contribution is 2.33. The van der Waals surface area contributed by atoms with Gasteiger partial charge in [0.25, 0.3) is 0 Å². The largest absolute Gasteiger partial charge is 0.326 e. The molecule has 0 unspecified atom stereocenters. The molecule has 0 saturated heterocycles. The van der Waals surface area contributed by atoms with Crippen molar-refractivity contribution in [2.45, 2.75) is 16.7 Å². The summed E-state index contributed by atoms with van der Waals surface area (Å²) in [5, 5.41) is 3.15. The van der Waals surface area contributed by atoms with Crippen LogP contribution in [-0.2, 0) is 4.79 Å². The number of carbonyl (C=O) groups is 2. The average molecular weight is 306 g/mol. The maximum atomic E-state index is 11.1. The molecule has 2 aromatic rings. The monoisotopic (exact) mass is 305 g/mol. The van der Waals surface area contributed by atoms with Gasteiger partial charge in [-0.2, -0.15) is 0 Å². The molecule has 0 radical (unpaired) electrons. The Morgan fingerprint density at radius 3 is 2.50 bits per heavy atom. The van der Waals surface area contributed by atoms with Gasteiger partial charge in [0.15, 0.2) is 6.29 Å². The van der Waals surface area contributed by atoms with Crippen molar-refractivity contribution in [3.8, 4) is 0 Å². The van der Waals surface area contributed by atoms with Crippen molar-refractivity contribution in [2.24, 2.45) is 0 Å². The van der Waals surface area contributed by atoms with Crippen LogP contribution in [-0.4, -0.2) is 12.2 Å². The molecule has 0 aliphatic carbocycles. The van der Waals surface area contributed by atoms with Gasteiger partial charge in [0.1, 0.15) is 0 Å². The van der Waals surface area contributed by atoms with E-state index in [1.807, 2.05) is 36.4 Å². The number of hydrogen-bond acceptors (Lipinski definition) is 3. The van der Waals surface area contributed by atoms with Crippen molar-refractivity contribution >= 4 is 41.2 Å². The van der Waals surface area contributed by atoms with Gasteiger partial charge in [0, 0.05) is 28.0 Å². The summed E-state index contributed by atoms with van der Waals surface area (Å²) < 4.78 is 0. The van der Waals surface area contributed by atoms with Gasteiger partial charge in [0.2, 0.25) is 5.91 Å². The molecule has 0 spiro atoms. The molecule has 0 aromatic heterocycles. The summed E-state index contributed by atoms with van der Waals surface area (Å²) in [7, 11) is 0. The Kier molecular flexibility index (Phi) is 4.82. The van der Waals surface area contributed by atoms with E-state index < -0.39 is 0 Å². The fourth-order valence-corrected chi connectivity index (χ4v) is 2.87. The lowest BCUT2D eigenvalue weighted by Crippen LogP contribution is -2.05. The Balaban J connectivity index is 2.20. The molecule has 0 saturated carbocycles. The van der Waals surface area contributed by atoms with Gasteiger partial charge < -0.3 is 5.32 Å². The third kappa shape index (κ3) is 3.62. The SMILES string of the molecule is CC(=O)Nc1ccc(Sc2cccc(Cl)c2C=O)cc1. The van der Waals surface area contributed by atoms with Crippen LogP contribution in [0.2, 0.25) is 5.02 Å². The van der Waals surface area contributed by atoms with E-state index in [9.17, 15) is 9.59 Å². The lowest BCUT2D eigenvalue weighted by molar-refractivity contribution is -0.114. The summed E-state index contributed by atoms with van der Waals surface area (Å²) in [6.45, 7) is 1.46. The zero-order valence-electron chi connectivity index (χ0n) is 10.7. The maximum Gasteiger partial charge on any atom is 0.221 e. The van der Waals surface area contributed by atoms with E-state index in [0.29, 0.717) is 10.6 Å². The fraction of sp³-hybridized carbons (Fsp3) is 0.0667. The molecule has 2 aromatic carbocycles. The molecule has 0 atom stereocenters. The summed E-state index contributed by atoms with van der Waals surface area (Å²) in [5.41, 5.74) is 1.23. The van der Waals surface area contributed by atoms with E-state index in [1.165, 1.54) is 18.7 Å². The Bertz CT molecular complexity index is 641. The summed E-state index contributed by atoms with van der Waals surface area (Å²) in [5.74, 6) is -0.108. The van der Waals surface area contributed by atoms with Crippen molar-refractivity contribution in [3.05, 3.63) is 53.1 Å². The van der Waals surface area contributed by atoms with E-state index >= 15 is 0 Å². The van der Waals surface area contributed by atoms with Crippen LogP contribution in [0, 0.1) is 0 Å². The number of carbonyl (C=O) groups excluding carboxylic acids is 2. The Morgan fingerprint density at radius 2 is 1.90 bits per heavy atom. The second-order valence-electron chi connectivity index (χ2n) is 4.08. The first-order chi connectivity index (χ1) is 9.60. The summed E-state index contributed by atoms with van der Waals surface area (Å²) in [4.78, 5) is 23.8. The number of amides is 1. The number of halogens is 1. The third-order valence-corrected chi connectivity index (χ3v) is 3.95. The van der Waals surface area contributed by atoms with Gasteiger partial charge in [-0.3, -0.25) is 9.59 Å². The molecular weight excluding hydrogens is 294 g/mol. The zero-order valence-corrected chi connectivity index (χ0v) is 12.3. The molecule has 1 amide bonds. The molecule has 0 bridgehead atoms. The topological polar surface area (TPSA) is 46.2 Å².